The Balaban J connectivity index is 2.08. The van der Waals surface area contributed by atoms with Crippen molar-refractivity contribution in [3.63, 3.8) is 0 Å². The molecule has 2 aromatic carbocycles. The molecule has 8 heteroatoms. The molecule has 0 saturated heterocycles. The van der Waals surface area contributed by atoms with Gasteiger partial charge in [-0.15, -0.1) is 0 Å². The summed E-state index contributed by atoms with van der Waals surface area (Å²) in [5, 5.41) is 2.65. The Hall–Kier alpha value is -2.22. The van der Waals surface area contributed by atoms with Crippen molar-refractivity contribution in [3.05, 3.63) is 64.9 Å². The Morgan fingerprint density at radius 1 is 1.15 bits per heavy atom. The van der Waals surface area contributed by atoms with Crippen molar-refractivity contribution >= 4 is 39.3 Å². The minimum absolute atomic E-state index is 0.0229. The van der Waals surface area contributed by atoms with E-state index in [9.17, 15) is 17.6 Å². The zero-order valence-electron chi connectivity index (χ0n) is 14.9. The summed E-state index contributed by atoms with van der Waals surface area (Å²) in [4.78, 5) is 12.1. The van der Waals surface area contributed by atoms with Crippen LogP contribution in [0, 0.1) is 5.82 Å². The van der Waals surface area contributed by atoms with Crippen molar-refractivity contribution in [3.8, 4) is 0 Å². The van der Waals surface area contributed by atoms with Crippen LogP contribution < -0.4 is 5.32 Å². The molecule has 0 aromatic heterocycles. The molecule has 5 nitrogen and oxygen atoms in total. The highest BCUT2D eigenvalue weighted by Gasteiger charge is 2.20. The molecule has 0 radical (unpaired) electrons. The lowest BCUT2D eigenvalue weighted by atomic mass is 10.2. The van der Waals surface area contributed by atoms with Crippen LogP contribution in [0.2, 0.25) is 5.02 Å². The van der Waals surface area contributed by atoms with Crippen molar-refractivity contribution in [2.24, 2.45) is 0 Å². The van der Waals surface area contributed by atoms with Crippen LogP contribution >= 0.6 is 11.6 Å². The van der Waals surface area contributed by atoms with Gasteiger partial charge in [-0.1, -0.05) is 37.6 Å². The summed E-state index contributed by atoms with van der Waals surface area (Å²) in [6, 6.07) is 10.1. The van der Waals surface area contributed by atoms with Gasteiger partial charge in [0.15, 0.2) is 0 Å². The molecule has 0 fully saturated rings. The highest BCUT2D eigenvalue weighted by Crippen LogP contribution is 2.19. The highest BCUT2D eigenvalue weighted by atomic mass is 35.5. The van der Waals surface area contributed by atoms with Crippen LogP contribution in [0.1, 0.15) is 19.4 Å². The molecule has 2 aromatic rings. The lowest BCUT2D eigenvalue weighted by molar-refractivity contribution is -0.111. The van der Waals surface area contributed by atoms with E-state index in [-0.39, 0.29) is 15.6 Å². The average molecular weight is 411 g/mol. The Labute approximate surface area is 163 Å². The summed E-state index contributed by atoms with van der Waals surface area (Å²) in [5.74, 6) is -1.15. The minimum Gasteiger partial charge on any atom is -0.320 e. The maximum atomic E-state index is 13.7. The molecule has 0 spiro atoms. The molecule has 0 heterocycles. The fourth-order valence-corrected chi connectivity index (χ4v) is 4.02. The van der Waals surface area contributed by atoms with Crippen LogP contribution in [-0.2, 0) is 14.8 Å². The van der Waals surface area contributed by atoms with Gasteiger partial charge in [-0.25, -0.2) is 12.8 Å². The second-order valence-corrected chi connectivity index (χ2v) is 7.98. The van der Waals surface area contributed by atoms with E-state index in [1.807, 2.05) is 0 Å². The highest BCUT2D eigenvalue weighted by molar-refractivity contribution is 7.89. The van der Waals surface area contributed by atoms with Gasteiger partial charge >= 0.3 is 0 Å². The molecule has 0 bridgehead atoms. The lowest BCUT2D eigenvalue weighted by Gasteiger charge is -2.18. The van der Waals surface area contributed by atoms with Crippen LogP contribution in [0.15, 0.2) is 53.4 Å². The predicted molar refractivity (Wildman–Crippen MR) is 106 cm³/mol. The number of halogens is 2. The number of anilines is 1. The fourth-order valence-electron chi connectivity index (χ4n) is 2.40. The van der Waals surface area contributed by atoms with Gasteiger partial charge in [-0.2, -0.15) is 4.31 Å². The first kappa shape index (κ1) is 21.1. The molecular formula is C19H20ClFN2O3S. The number of sulfonamides is 1. The van der Waals surface area contributed by atoms with Gasteiger partial charge in [-0.3, -0.25) is 4.79 Å². The largest absolute Gasteiger partial charge is 0.320 e. The second kappa shape index (κ2) is 9.12. The van der Waals surface area contributed by atoms with Crippen LogP contribution in [0.25, 0.3) is 6.08 Å². The summed E-state index contributed by atoms with van der Waals surface area (Å²) in [6.45, 7) is 4.34. The number of benzene rings is 2. The van der Waals surface area contributed by atoms with Crippen LogP contribution in [-0.4, -0.2) is 31.7 Å². The average Bonchev–Trinajstić information content (AvgIpc) is 2.63. The van der Waals surface area contributed by atoms with E-state index in [1.54, 1.807) is 26.0 Å². The van der Waals surface area contributed by atoms with Crippen molar-refractivity contribution < 1.29 is 17.6 Å². The predicted octanol–water partition coefficient (Wildman–Crippen LogP) is 4.16. The number of hydrogen-bond donors (Lipinski definition) is 1. The third-order valence-corrected chi connectivity index (χ3v) is 6.14. The third kappa shape index (κ3) is 5.38. The smallest absolute Gasteiger partial charge is 0.248 e. The standard InChI is InChI=1S/C19H20ClFN2O3S/c1-3-23(4-2)27(25,26)16-9-5-14(6-10-16)7-12-19(24)22-18-11-8-15(20)13-17(18)21/h5-13H,3-4H2,1-2H3,(H,22,24)/b12-7+. The summed E-state index contributed by atoms with van der Waals surface area (Å²) < 4.78 is 39.9. The molecule has 144 valence electrons. The fraction of sp³-hybridized carbons (Fsp3) is 0.211. The first-order valence-corrected chi connectivity index (χ1v) is 10.1. The molecule has 1 N–H and O–H groups in total. The number of nitrogens with one attached hydrogen (secondary N) is 1. The van der Waals surface area contributed by atoms with E-state index in [0.29, 0.717) is 18.7 Å². The van der Waals surface area contributed by atoms with E-state index in [1.165, 1.54) is 40.7 Å². The first-order chi connectivity index (χ1) is 12.8. The van der Waals surface area contributed by atoms with E-state index < -0.39 is 21.7 Å². The Kier molecular flexibility index (Phi) is 7.12. The summed E-state index contributed by atoms with van der Waals surface area (Å²) >= 11 is 5.66. The van der Waals surface area contributed by atoms with Gasteiger partial charge in [-0.05, 0) is 42.0 Å². The van der Waals surface area contributed by atoms with Crippen molar-refractivity contribution in [2.45, 2.75) is 18.7 Å². The molecule has 0 aliphatic carbocycles. The number of amides is 1. The molecule has 0 unspecified atom stereocenters. The molecular weight excluding hydrogens is 391 g/mol. The topological polar surface area (TPSA) is 66.5 Å². The maximum Gasteiger partial charge on any atom is 0.248 e. The molecule has 27 heavy (non-hydrogen) atoms. The van der Waals surface area contributed by atoms with Gasteiger partial charge in [0.2, 0.25) is 15.9 Å². The third-order valence-electron chi connectivity index (χ3n) is 3.84. The van der Waals surface area contributed by atoms with Crippen molar-refractivity contribution in [1.82, 2.24) is 4.31 Å². The van der Waals surface area contributed by atoms with E-state index in [0.717, 1.165) is 6.07 Å². The maximum absolute atomic E-state index is 13.7. The quantitative estimate of drug-likeness (QED) is 0.697. The SMILES string of the molecule is CCN(CC)S(=O)(=O)c1ccc(/C=C/C(=O)Nc2ccc(Cl)cc2F)cc1. The molecule has 0 saturated carbocycles. The lowest BCUT2D eigenvalue weighted by Crippen LogP contribution is -2.30. The summed E-state index contributed by atoms with van der Waals surface area (Å²) in [6.07, 6.45) is 2.75. The van der Waals surface area contributed by atoms with Gasteiger partial charge in [0.05, 0.1) is 10.6 Å². The minimum atomic E-state index is -3.52. The van der Waals surface area contributed by atoms with Crippen molar-refractivity contribution in [1.29, 1.82) is 0 Å². The summed E-state index contributed by atoms with van der Waals surface area (Å²) in [5.41, 5.74) is 0.662. The zero-order chi connectivity index (χ0) is 20.0. The van der Waals surface area contributed by atoms with Gasteiger partial charge in [0.25, 0.3) is 0 Å². The normalized spacial score (nSPS) is 11.9. The van der Waals surface area contributed by atoms with Gasteiger partial charge < -0.3 is 5.32 Å². The van der Waals surface area contributed by atoms with Gasteiger partial charge in [0.1, 0.15) is 5.82 Å². The Morgan fingerprint density at radius 2 is 1.78 bits per heavy atom. The van der Waals surface area contributed by atoms with E-state index in [4.69, 9.17) is 11.6 Å². The summed E-state index contributed by atoms with van der Waals surface area (Å²) in [7, 11) is -3.52. The Morgan fingerprint density at radius 3 is 2.33 bits per heavy atom. The van der Waals surface area contributed by atoms with E-state index in [2.05, 4.69) is 5.32 Å². The molecule has 1 amide bonds. The number of carbonyl (C=O) groups excluding carboxylic acids is 1. The molecule has 0 aliphatic rings. The number of rotatable bonds is 7. The van der Waals surface area contributed by atoms with Crippen molar-refractivity contribution in [2.75, 3.05) is 18.4 Å². The second-order valence-electron chi connectivity index (χ2n) is 5.61. The van der Waals surface area contributed by atoms with E-state index >= 15 is 0 Å². The molecule has 0 atom stereocenters. The molecule has 2 rings (SSSR count). The van der Waals surface area contributed by atoms with Gasteiger partial charge in [0, 0.05) is 24.2 Å². The number of carbonyl (C=O) groups is 1. The van der Waals surface area contributed by atoms with Crippen LogP contribution in [0.5, 0.6) is 0 Å². The Bertz CT molecular complexity index is 940. The monoisotopic (exact) mass is 410 g/mol. The zero-order valence-corrected chi connectivity index (χ0v) is 16.5. The number of nitrogens with zero attached hydrogens (tertiary/aromatic N) is 1. The van der Waals surface area contributed by atoms with Crippen LogP contribution in [0.3, 0.4) is 0 Å². The molecule has 0 aliphatic heterocycles. The first-order valence-electron chi connectivity index (χ1n) is 8.32. The number of hydrogen-bond acceptors (Lipinski definition) is 3. The van der Waals surface area contributed by atoms with Crippen LogP contribution in [0.4, 0.5) is 10.1 Å².